The van der Waals surface area contributed by atoms with Crippen LogP contribution in [0.2, 0.25) is 0 Å². The normalized spacial score (nSPS) is 13.9. The number of benzene rings is 1. The summed E-state index contributed by atoms with van der Waals surface area (Å²) in [6.45, 7) is 0.601. The molecule has 3 rings (SSSR count). The van der Waals surface area contributed by atoms with Gasteiger partial charge in [0.15, 0.2) is 0 Å². The Bertz CT molecular complexity index is 551. The van der Waals surface area contributed by atoms with Crippen molar-refractivity contribution in [3.8, 4) is 0 Å². The van der Waals surface area contributed by atoms with Gasteiger partial charge in [-0.3, -0.25) is 9.69 Å². The number of nitrogens with zero attached hydrogens (tertiary/aromatic N) is 2. The number of hydrogen-bond acceptors (Lipinski definition) is 2. The second kappa shape index (κ2) is 4.01. The van der Waals surface area contributed by atoms with Crippen molar-refractivity contribution in [3.05, 3.63) is 59.8 Å². The summed E-state index contributed by atoms with van der Waals surface area (Å²) in [6.07, 6.45) is 2.20. The van der Waals surface area contributed by atoms with Gasteiger partial charge in [-0.25, -0.2) is 4.98 Å². The van der Waals surface area contributed by atoms with E-state index in [-0.39, 0.29) is 5.91 Å². The molecule has 0 radical (unpaired) electrons. The minimum Gasteiger partial charge on any atom is -0.292 e. The molecule has 0 saturated carbocycles. The molecular weight excluding hydrogens is 212 g/mol. The van der Waals surface area contributed by atoms with E-state index in [1.807, 2.05) is 42.5 Å². The van der Waals surface area contributed by atoms with Gasteiger partial charge in [-0.15, -0.1) is 0 Å². The number of rotatable bonds is 2. The summed E-state index contributed by atoms with van der Waals surface area (Å²) in [5, 5.41) is 0. The van der Waals surface area contributed by atoms with E-state index in [1.54, 1.807) is 11.1 Å². The van der Waals surface area contributed by atoms with Crippen LogP contribution in [0.1, 0.15) is 11.1 Å². The Labute approximate surface area is 99.7 Å². The summed E-state index contributed by atoms with van der Waals surface area (Å²) in [5.41, 5.74) is 2.15. The Morgan fingerprint density at radius 1 is 1.12 bits per heavy atom. The van der Waals surface area contributed by atoms with Crippen LogP contribution in [-0.4, -0.2) is 10.9 Å². The molecule has 1 amide bonds. The highest BCUT2D eigenvalue weighted by molar-refractivity contribution is 5.99. The molecule has 84 valence electrons. The maximum atomic E-state index is 11.9. The zero-order chi connectivity index (χ0) is 11.7. The Hall–Kier alpha value is -2.16. The Morgan fingerprint density at radius 2 is 1.94 bits per heavy atom. The number of carbonyl (C=O) groups excluding carboxylic acids is 1. The molecule has 0 bridgehead atoms. The van der Waals surface area contributed by atoms with Gasteiger partial charge in [0.2, 0.25) is 5.91 Å². The monoisotopic (exact) mass is 224 g/mol. The van der Waals surface area contributed by atoms with Crippen LogP contribution in [0, 0.1) is 0 Å². The van der Waals surface area contributed by atoms with Gasteiger partial charge in [-0.2, -0.15) is 0 Å². The Kier molecular flexibility index (Phi) is 2.37. The van der Waals surface area contributed by atoms with E-state index in [9.17, 15) is 4.79 Å². The van der Waals surface area contributed by atoms with Crippen molar-refractivity contribution in [2.24, 2.45) is 0 Å². The highest BCUT2D eigenvalue weighted by Gasteiger charge is 2.27. The summed E-state index contributed by atoms with van der Waals surface area (Å²) in [4.78, 5) is 18.0. The quantitative estimate of drug-likeness (QED) is 0.783. The molecule has 3 nitrogen and oxygen atoms in total. The van der Waals surface area contributed by atoms with Gasteiger partial charge >= 0.3 is 0 Å². The zero-order valence-corrected chi connectivity index (χ0v) is 9.34. The van der Waals surface area contributed by atoms with E-state index >= 15 is 0 Å². The summed E-state index contributed by atoms with van der Waals surface area (Å²) in [5.74, 6) is 0.934. The van der Waals surface area contributed by atoms with Gasteiger partial charge in [0.05, 0.1) is 13.0 Å². The number of pyridine rings is 1. The molecule has 0 saturated heterocycles. The summed E-state index contributed by atoms with van der Waals surface area (Å²) < 4.78 is 0. The second-order valence-electron chi connectivity index (χ2n) is 4.13. The highest BCUT2D eigenvalue weighted by Crippen LogP contribution is 2.27. The molecule has 1 aliphatic heterocycles. The van der Waals surface area contributed by atoms with E-state index in [1.165, 1.54) is 0 Å². The number of hydrogen-bond donors (Lipinski definition) is 0. The van der Waals surface area contributed by atoms with Gasteiger partial charge in [-0.05, 0) is 11.6 Å². The second-order valence-corrected chi connectivity index (χ2v) is 4.13. The van der Waals surface area contributed by atoms with Crippen molar-refractivity contribution < 1.29 is 4.79 Å². The fraction of sp³-hybridized carbons (Fsp3) is 0.143. The first-order valence-electron chi connectivity index (χ1n) is 5.63. The van der Waals surface area contributed by atoms with Gasteiger partial charge < -0.3 is 0 Å². The number of carbonyl (C=O) groups is 1. The molecule has 3 heteroatoms. The maximum Gasteiger partial charge on any atom is 0.233 e. The lowest BCUT2D eigenvalue weighted by atomic mass is 10.2. The lowest BCUT2D eigenvalue weighted by molar-refractivity contribution is -0.117. The van der Waals surface area contributed by atoms with Crippen LogP contribution in [0.4, 0.5) is 5.82 Å². The standard InChI is InChI=1S/C14H12N2O/c17-13-9-12-7-4-8-15-14(12)16(13)10-11-5-2-1-3-6-11/h1-8H,9-10H2. The number of fused-ring (bicyclic) bond motifs is 1. The molecule has 0 spiro atoms. The van der Waals surface area contributed by atoms with Crippen LogP contribution in [-0.2, 0) is 17.8 Å². The van der Waals surface area contributed by atoms with Crippen LogP contribution < -0.4 is 4.90 Å². The molecule has 17 heavy (non-hydrogen) atoms. The molecule has 0 atom stereocenters. The lowest BCUT2D eigenvalue weighted by Crippen LogP contribution is -2.26. The van der Waals surface area contributed by atoms with Crippen LogP contribution in [0.25, 0.3) is 0 Å². The Balaban J connectivity index is 1.92. The highest BCUT2D eigenvalue weighted by atomic mass is 16.2. The van der Waals surface area contributed by atoms with Crippen LogP contribution >= 0.6 is 0 Å². The first-order valence-corrected chi connectivity index (χ1v) is 5.63. The summed E-state index contributed by atoms with van der Waals surface area (Å²) in [6, 6.07) is 13.8. The minimum absolute atomic E-state index is 0.127. The average molecular weight is 224 g/mol. The fourth-order valence-electron chi connectivity index (χ4n) is 2.12. The number of aromatic nitrogens is 1. The molecule has 0 aliphatic carbocycles. The molecule has 1 aliphatic rings. The van der Waals surface area contributed by atoms with E-state index < -0.39 is 0 Å². The van der Waals surface area contributed by atoms with Crippen molar-refractivity contribution in [2.75, 3.05) is 4.90 Å². The Morgan fingerprint density at radius 3 is 2.76 bits per heavy atom. The SMILES string of the molecule is O=C1Cc2cccnc2N1Cc1ccccc1. The third-order valence-electron chi connectivity index (χ3n) is 2.95. The third-order valence-corrected chi connectivity index (χ3v) is 2.95. The zero-order valence-electron chi connectivity index (χ0n) is 9.34. The van der Waals surface area contributed by atoms with E-state index in [0.717, 1.165) is 16.9 Å². The molecular formula is C14H12N2O. The summed E-state index contributed by atoms with van der Waals surface area (Å²) in [7, 11) is 0. The first-order chi connectivity index (χ1) is 8.34. The van der Waals surface area contributed by atoms with Crippen molar-refractivity contribution in [1.82, 2.24) is 4.98 Å². The molecule has 1 aromatic heterocycles. The van der Waals surface area contributed by atoms with Crippen molar-refractivity contribution in [3.63, 3.8) is 0 Å². The minimum atomic E-state index is 0.127. The molecule has 0 fully saturated rings. The van der Waals surface area contributed by atoms with E-state index in [4.69, 9.17) is 0 Å². The topological polar surface area (TPSA) is 33.2 Å². The smallest absolute Gasteiger partial charge is 0.233 e. The maximum absolute atomic E-state index is 11.9. The van der Waals surface area contributed by atoms with Gasteiger partial charge in [0.25, 0.3) is 0 Å². The van der Waals surface area contributed by atoms with Gasteiger partial charge in [-0.1, -0.05) is 36.4 Å². The van der Waals surface area contributed by atoms with Gasteiger partial charge in [0, 0.05) is 11.8 Å². The predicted molar refractivity (Wildman–Crippen MR) is 65.6 cm³/mol. The molecule has 1 aromatic carbocycles. The van der Waals surface area contributed by atoms with Crippen molar-refractivity contribution in [1.29, 1.82) is 0 Å². The van der Waals surface area contributed by atoms with Crippen LogP contribution in [0.3, 0.4) is 0 Å². The van der Waals surface area contributed by atoms with Crippen LogP contribution in [0.15, 0.2) is 48.7 Å². The fourth-order valence-corrected chi connectivity index (χ4v) is 2.12. The number of anilines is 1. The third kappa shape index (κ3) is 1.80. The first kappa shape index (κ1) is 10.0. The predicted octanol–water partition coefficient (Wildman–Crippen LogP) is 2.17. The van der Waals surface area contributed by atoms with E-state index in [0.29, 0.717) is 13.0 Å². The van der Waals surface area contributed by atoms with Crippen molar-refractivity contribution in [2.45, 2.75) is 13.0 Å². The number of amides is 1. The molecule has 2 aromatic rings. The van der Waals surface area contributed by atoms with E-state index in [2.05, 4.69) is 4.98 Å². The lowest BCUT2D eigenvalue weighted by Gasteiger charge is -2.16. The molecule has 2 heterocycles. The average Bonchev–Trinajstić information content (AvgIpc) is 2.68. The summed E-state index contributed by atoms with van der Waals surface area (Å²) >= 11 is 0. The molecule has 0 unspecified atom stereocenters. The van der Waals surface area contributed by atoms with Gasteiger partial charge in [0.1, 0.15) is 5.82 Å². The van der Waals surface area contributed by atoms with Crippen LogP contribution in [0.5, 0.6) is 0 Å². The largest absolute Gasteiger partial charge is 0.292 e. The van der Waals surface area contributed by atoms with Crippen molar-refractivity contribution >= 4 is 11.7 Å². The molecule has 0 N–H and O–H groups in total.